The number of hydrogen-bond donors (Lipinski definition) is 0. The van der Waals surface area contributed by atoms with Crippen molar-refractivity contribution >= 4 is 28.0 Å². The average molecular weight is 259 g/mol. The van der Waals surface area contributed by atoms with Gasteiger partial charge >= 0.3 is 0 Å². The highest BCUT2D eigenvalue weighted by atomic mass is 32.2. The largest absolute Gasteiger partial charge is 0.234 e. The van der Waals surface area contributed by atoms with E-state index in [0.29, 0.717) is 0 Å². The van der Waals surface area contributed by atoms with E-state index in [9.17, 15) is 4.21 Å². The summed E-state index contributed by atoms with van der Waals surface area (Å²) in [7, 11) is -1.21. The summed E-state index contributed by atoms with van der Waals surface area (Å²) < 4.78 is 15.7. The highest BCUT2D eigenvalue weighted by molar-refractivity contribution is 7.85. The minimum atomic E-state index is -1.21. The molecular formula is C15H17NOS. The summed E-state index contributed by atoms with van der Waals surface area (Å²) in [5.41, 5.74) is 1.01. The number of fused-ring (bicyclic) bond motifs is 1. The van der Waals surface area contributed by atoms with Crippen molar-refractivity contribution in [1.82, 2.24) is 0 Å². The average Bonchev–Trinajstić information content (AvgIpc) is 2.34. The van der Waals surface area contributed by atoms with Crippen molar-refractivity contribution in [3.8, 4) is 0 Å². The molecule has 2 rings (SSSR count). The maximum atomic E-state index is 11.9. The third-order valence-electron chi connectivity index (χ3n) is 2.63. The van der Waals surface area contributed by atoms with Gasteiger partial charge in [0.25, 0.3) is 0 Å². The lowest BCUT2D eigenvalue weighted by molar-refractivity contribution is 0.651. The van der Waals surface area contributed by atoms with Gasteiger partial charge in [0.2, 0.25) is 0 Å². The molecule has 0 saturated heterocycles. The van der Waals surface area contributed by atoms with E-state index in [2.05, 4.69) is 22.6 Å². The molecule has 3 heteroatoms. The van der Waals surface area contributed by atoms with Gasteiger partial charge in [0.05, 0.1) is 4.75 Å². The lowest BCUT2D eigenvalue weighted by Crippen LogP contribution is -2.19. The summed E-state index contributed by atoms with van der Waals surface area (Å²) >= 11 is 0. The molecular weight excluding hydrogens is 242 g/mol. The van der Waals surface area contributed by atoms with Gasteiger partial charge in [0.15, 0.2) is 0 Å². The second kappa shape index (κ2) is 5.02. The van der Waals surface area contributed by atoms with Crippen molar-refractivity contribution in [2.45, 2.75) is 25.5 Å². The molecule has 0 N–H and O–H groups in total. The predicted molar refractivity (Wildman–Crippen MR) is 79.4 cm³/mol. The van der Waals surface area contributed by atoms with Gasteiger partial charge in [-0.25, -0.2) is 4.21 Å². The molecule has 94 valence electrons. The number of rotatable bonds is 2. The number of nitrogens with zero attached hydrogens (tertiary/aromatic N) is 1. The zero-order chi connectivity index (χ0) is 13.2. The van der Waals surface area contributed by atoms with E-state index in [0.717, 1.165) is 10.9 Å². The van der Waals surface area contributed by atoms with Gasteiger partial charge in [-0.3, -0.25) is 0 Å². The Kier molecular flexibility index (Phi) is 3.62. The Labute approximate surface area is 110 Å². The second-order valence-electron chi connectivity index (χ2n) is 5.16. The summed E-state index contributed by atoms with van der Waals surface area (Å²) in [5, 5.41) is 2.30. The van der Waals surface area contributed by atoms with Gasteiger partial charge in [0, 0.05) is 11.8 Å². The quantitative estimate of drug-likeness (QED) is 0.756. The van der Waals surface area contributed by atoms with Crippen LogP contribution in [0.2, 0.25) is 0 Å². The Morgan fingerprint density at radius 1 is 1.06 bits per heavy atom. The third kappa shape index (κ3) is 2.85. The fourth-order valence-corrected chi connectivity index (χ4v) is 2.15. The Morgan fingerprint density at radius 3 is 2.44 bits per heavy atom. The molecule has 0 unspecified atom stereocenters. The molecule has 0 saturated carbocycles. The fraction of sp³-hybridized carbons (Fsp3) is 0.267. The standard InChI is InChI=1S/C15H17NOS/c1-15(2,3)18(17)16-11-13-9-6-8-12-7-4-5-10-14(12)13/h4-11H,1-3H3/b16-11+/t18-/m0/s1. The zero-order valence-electron chi connectivity index (χ0n) is 10.9. The summed E-state index contributed by atoms with van der Waals surface area (Å²) in [6.07, 6.45) is 1.71. The first kappa shape index (κ1) is 13.0. The van der Waals surface area contributed by atoms with Crippen LogP contribution in [0.1, 0.15) is 26.3 Å². The Bertz CT molecular complexity index is 606. The van der Waals surface area contributed by atoms with Gasteiger partial charge < -0.3 is 0 Å². The van der Waals surface area contributed by atoms with Crippen LogP contribution in [0.3, 0.4) is 0 Å². The lowest BCUT2D eigenvalue weighted by atomic mass is 10.1. The van der Waals surface area contributed by atoms with E-state index in [1.807, 2.05) is 45.0 Å². The molecule has 1 atom stereocenters. The van der Waals surface area contributed by atoms with Crippen molar-refractivity contribution < 1.29 is 4.21 Å². The maximum Gasteiger partial charge on any atom is 0.144 e. The molecule has 2 aromatic carbocycles. The van der Waals surface area contributed by atoms with Gasteiger partial charge in [-0.05, 0) is 31.5 Å². The molecule has 0 heterocycles. The monoisotopic (exact) mass is 259 g/mol. The molecule has 18 heavy (non-hydrogen) atoms. The van der Waals surface area contributed by atoms with Crippen LogP contribution in [0, 0.1) is 0 Å². The van der Waals surface area contributed by atoms with Crippen molar-refractivity contribution in [3.63, 3.8) is 0 Å². The van der Waals surface area contributed by atoms with Gasteiger partial charge in [-0.2, -0.15) is 4.40 Å². The first-order valence-corrected chi connectivity index (χ1v) is 7.03. The van der Waals surface area contributed by atoms with E-state index < -0.39 is 11.0 Å². The highest BCUT2D eigenvalue weighted by Crippen LogP contribution is 2.18. The summed E-state index contributed by atoms with van der Waals surface area (Å²) in [4.78, 5) is 0. The van der Waals surface area contributed by atoms with Crippen LogP contribution in [0.5, 0.6) is 0 Å². The minimum Gasteiger partial charge on any atom is -0.234 e. The van der Waals surface area contributed by atoms with Crippen molar-refractivity contribution in [1.29, 1.82) is 0 Å². The normalized spacial score (nSPS) is 14.2. The first-order valence-electron chi connectivity index (χ1n) is 5.92. The van der Waals surface area contributed by atoms with E-state index in [4.69, 9.17) is 0 Å². The van der Waals surface area contributed by atoms with Crippen molar-refractivity contribution in [2.24, 2.45) is 4.40 Å². The maximum absolute atomic E-state index is 11.9. The second-order valence-corrected chi connectivity index (χ2v) is 7.10. The molecule has 0 spiro atoms. The number of hydrogen-bond acceptors (Lipinski definition) is 1. The highest BCUT2D eigenvalue weighted by Gasteiger charge is 2.18. The fourth-order valence-electron chi connectivity index (χ4n) is 1.63. The molecule has 0 aromatic heterocycles. The van der Waals surface area contributed by atoms with Crippen LogP contribution in [-0.2, 0) is 11.0 Å². The van der Waals surface area contributed by atoms with E-state index in [-0.39, 0.29) is 4.75 Å². The van der Waals surface area contributed by atoms with Gasteiger partial charge in [-0.15, -0.1) is 0 Å². The van der Waals surface area contributed by atoms with Crippen LogP contribution in [0.25, 0.3) is 10.8 Å². The smallest absolute Gasteiger partial charge is 0.144 e. The lowest BCUT2D eigenvalue weighted by Gasteiger charge is -2.12. The van der Waals surface area contributed by atoms with Crippen molar-refractivity contribution in [2.75, 3.05) is 0 Å². The van der Waals surface area contributed by atoms with Gasteiger partial charge in [0.1, 0.15) is 11.0 Å². The van der Waals surface area contributed by atoms with Crippen LogP contribution in [0.15, 0.2) is 46.9 Å². The molecule has 0 fully saturated rings. The van der Waals surface area contributed by atoms with Crippen LogP contribution < -0.4 is 0 Å². The van der Waals surface area contributed by atoms with E-state index in [1.165, 1.54) is 5.39 Å². The Morgan fingerprint density at radius 2 is 1.72 bits per heavy atom. The van der Waals surface area contributed by atoms with Crippen LogP contribution in [-0.4, -0.2) is 15.2 Å². The molecule has 0 amide bonds. The molecule has 0 aliphatic heterocycles. The SMILES string of the molecule is CC(C)(C)[S@](=O)/N=C/c1cccc2ccccc12. The molecule has 0 bridgehead atoms. The molecule has 0 radical (unpaired) electrons. The van der Waals surface area contributed by atoms with Crippen LogP contribution in [0.4, 0.5) is 0 Å². The summed E-state index contributed by atoms with van der Waals surface area (Å²) in [6, 6.07) is 14.2. The molecule has 0 aliphatic carbocycles. The zero-order valence-corrected chi connectivity index (χ0v) is 11.7. The number of benzene rings is 2. The molecule has 2 aromatic rings. The van der Waals surface area contributed by atoms with E-state index >= 15 is 0 Å². The molecule has 2 nitrogen and oxygen atoms in total. The first-order chi connectivity index (χ1) is 8.48. The van der Waals surface area contributed by atoms with Crippen molar-refractivity contribution in [3.05, 3.63) is 48.0 Å². The Balaban J connectivity index is 2.38. The third-order valence-corrected chi connectivity index (χ3v) is 3.98. The van der Waals surface area contributed by atoms with E-state index in [1.54, 1.807) is 6.21 Å². The Hall–Kier alpha value is -1.48. The topological polar surface area (TPSA) is 29.4 Å². The summed E-state index contributed by atoms with van der Waals surface area (Å²) in [5.74, 6) is 0. The molecule has 0 aliphatic rings. The van der Waals surface area contributed by atoms with Crippen LogP contribution >= 0.6 is 0 Å². The van der Waals surface area contributed by atoms with Gasteiger partial charge in [-0.1, -0.05) is 42.5 Å². The summed E-state index contributed by atoms with van der Waals surface area (Å²) in [6.45, 7) is 5.76. The predicted octanol–water partition coefficient (Wildman–Crippen LogP) is 3.72. The minimum absolute atomic E-state index is 0.318.